The number of likely N-dealkylation sites (tertiary alicyclic amines) is 1. The number of carbonyl (C=O) groups excluding carboxylic acids is 2. The molecule has 1 aromatic heterocycles. The fourth-order valence-electron chi connectivity index (χ4n) is 5.90. The number of H-pyrrole nitrogens is 1. The Kier molecular flexibility index (Phi) is 3.72. The van der Waals surface area contributed by atoms with Gasteiger partial charge in [-0.3, -0.25) is 14.5 Å². The van der Waals surface area contributed by atoms with E-state index in [9.17, 15) is 19.5 Å². The average molecular weight is 413 g/mol. The van der Waals surface area contributed by atoms with E-state index in [2.05, 4.69) is 9.97 Å². The lowest BCUT2D eigenvalue weighted by molar-refractivity contribution is -0.155. The minimum Gasteiger partial charge on any atom is -0.480 e. The number of aromatic nitrogens is 2. The van der Waals surface area contributed by atoms with E-state index in [0.717, 1.165) is 27.2 Å². The summed E-state index contributed by atoms with van der Waals surface area (Å²) < 4.78 is 0. The molecule has 2 unspecified atom stereocenters. The number of nitrogens with zero attached hydrogens (tertiary/aromatic N) is 2. The van der Waals surface area contributed by atoms with E-state index in [-0.39, 0.29) is 30.1 Å². The lowest BCUT2D eigenvalue weighted by Crippen LogP contribution is -2.47. The number of benzene rings is 2. The van der Waals surface area contributed by atoms with Crippen molar-refractivity contribution in [3.8, 4) is 0 Å². The zero-order valence-electron chi connectivity index (χ0n) is 16.4. The van der Waals surface area contributed by atoms with Crippen LogP contribution < -0.4 is 0 Å². The van der Waals surface area contributed by atoms with Crippen LogP contribution in [0.25, 0.3) is 0 Å². The number of amides is 2. The molecule has 0 spiro atoms. The molecule has 2 N–H and O–H groups in total. The number of carboxylic acid groups (broad SMARTS) is 1. The van der Waals surface area contributed by atoms with Crippen LogP contribution in [0.4, 0.5) is 0 Å². The minimum absolute atomic E-state index is 0.00147. The number of hydrogen-bond acceptors (Lipinski definition) is 4. The van der Waals surface area contributed by atoms with Crippen molar-refractivity contribution in [2.45, 2.75) is 24.3 Å². The summed E-state index contributed by atoms with van der Waals surface area (Å²) in [6.45, 7) is 0. The fourth-order valence-corrected chi connectivity index (χ4v) is 5.90. The molecule has 2 aromatic carbocycles. The van der Waals surface area contributed by atoms with Gasteiger partial charge in [-0.1, -0.05) is 48.5 Å². The molecule has 2 bridgehead atoms. The Hall–Kier alpha value is -3.74. The monoisotopic (exact) mass is 413 g/mol. The third-order valence-electron chi connectivity index (χ3n) is 7.05. The van der Waals surface area contributed by atoms with Crippen molar-refractivity contribution in [2.75, 3.05) is 0 Å². The highest BCUT2D eigenvalue weighted by atomic mass is 16.4. The third kappa shape index (κ3) is 2.34. The lowest BCUT2D eigenvalue weighted by Gasteiger charge is -2.45. The number of aromatic amines is 1. The number of rotatable bonds is 4. The maximum Gasteiger partial charge on any atom is 0.327 e. The summed E-state index contributed by atoms with van der Waals surface area (Å²) in [5.41, 5.74) is 4.83. The first-order valence-corrected chi connectivity index (χ1v) is 10.3. The normalized spacial score (nSPS) is 26.4. The molecule has 4 aliphatic rings. The van der Waals surface area contributed by atoms with Crippen LogP contribution >= 0.6 is 0 Å². The summed E-state index contributed by atoms with van der Waals surface area (Å²) in [7, 11) is 0. The van der Waals surface area contributed by atoms with Crippen LogP contribution in [0.2, 0.25) is 0 Å². The van der Waals surface area contributed by atoms with E-state index >= 15 is 0 Å². The second kappa shape index (κ2) is 6.38. The maximum absolute atomic E-state index is 13.6. The molecule has 1 fully saturated rings. The van der Waals surface area contributed by atoms with Gasteiger partial charge in [0.2, 0.25) is 11.8 Å². The van der Waals surface area contributed by atoms with Gasteiger partial charge in [-0.25, -0.2) is 9.78 Å². The van der Waals surface area contributed by atoms with Gasteiger partial charge in [0.15, 0.2) is 0 Å². The molecule has 7 rings (SSSR count). The Morgan fingerprint density at radius 2 is 1.42 bits per heavy atom. The summed E-state index contributed by atoms with van der Waals surface area (Å²) in [4.78, 5) is 47.3. The number of nitrogens with one attached hydrogen (secondary N) is 1. The maximum atomic E-state index is 13.6. The quantitative estimate of drug-likeness (QED) is 0.639. The van der Waals surface area contributed by atoms with Gasteiger partial charge >= 0.3 is 5.97 Å². The molecular weight excluding hydrogens is 394 g/mol. The van der Waals surface area contributed by atoms with Crippen LogP contribution in [-0.2, 0) is 20.8 Å². The van der Waals surface area contributed by atoms with Crippen molar-refractivity contribution in [1.29, 1.82) is 0 Å². The number of carbonyl (C=O) groups is 3. The van der Waals surface area contributed by atoms with Crippen molar-refractivity contribution in [1.82, 2.24) is 14.9 Å². The van der Waals surface area contributed by atoms with E-state index < -0.39 is 23.8 Å². The van der Waals surface area contributed by atoms with Crippen LogP contribution in [0.15, 0.2) is 61.1 Å². The van der Waals surface area contributed by atoms with Crippen molar-refractivity contribution in [3.63, 3.8) is 0 Å². The molecule has 2 amide bonds. The third-order valence-corrected chi connectivity index (χ3v) is 7.05. The molecule has 3 atom stereocenters. The Morgan fingerprint density at radius 3 is 1.81 bits per heavy atom. The zero-order valence-corrected chi connectivity index (χ0v) is 16.4. The van der Waals surface area contributed by atoms with E-state index in [1.165, 1.54) is 12.5 Å². The Balaban J connectivity index is 1.49. The molecule has 2 heterocycles. The molecule has 1 saturated heterocycles. The summed E-state index contributed by atoms with van der Waals surface area (Å²) in [5, 5.41) is 9.92. The SMILES string of the molecule is O=C(O)C(Cc1cnc[nH]1)N1C(=O)C2C3c4ccccc4C(c4ccccc43)[C@@H]2C1=O. The summed E-state index contributed by atoms with van der Waals surface area (Å²) in [6.07, 6.45) is 2.97. The van der Waals surface area contributed by atoms with Gasteiger partial charge in [0, 0.05) is 30.1 Å². The van der Waals surface area contributed by atoms with Gasteiger partial charge in [-0.2, -0.15) is 0 Å². The van der Waals surface area contributed by atoms with Gasteiger partial charge in [0.05, 0.1) is 18.2 Å². The van der Waals surface area contributed by atoms with Gasteiger partial charge in [-0.15, -0.1) is 0 Å². The molecule has 0 saturated carbocycles. The number of carboxylic acids is 1. The highest BCUT2D eigenvalue weighted by molar-refractivity contribution is 6.10. The van der Waals surface area contributed by atoms with Crippen LogP contribution in [0.5, 0.6) is 0 Å². The molecule has 1 aliphatic heterocycles. The van der Waals surface area contributed by atoms with Crippen LogP contribution in [0.3, 0.4) is 0 Å². The molecular formula is C24H19N3O4. The average Bonchev–Trinajstić information content (AvgIpc) is 3.39. The number of imide groups is 1. The molecule has 7 heteroatoms. The minimum atomic E-state index is -1.27. The topological polar surface area (TPSA) is 103 Å². The van der Waals surface area contributed by atoms with Gasteiger partial charge < -0.3 is 10.1 Å². The van der Waals surface area contributed by atoms with E-state index in [1.54, 1.807) is 0 Å². The van der Waals surface area contributed by atoms with Crippen molar-refractivity contribution >= 4 is 17.8 Å². The van der Waals surface area contributed by atoms with Gasteiger partial charge in [0.25, 0.3) is 0 Å². The molecule has 0 radical (unpaired) electrons. The highest BCUT2D eigenvalue weighted by Crippen LogP contribution is 2.61. The predicted octanol–water partition coefficient (Wildman–Crippen LogP) is 2.30. The van der Waals surface area contributed by atoms with Crippen LogP contribution in [0, 0.1) is 11.8 Å². The predicted molar refractivity (Wildman–Crippen MR) is 109 cm³/mol. The number of aliphatic carboxylic acids is 1. The molecule has 3 aliphatic carbocycles. The first-order valence-electron chi connectivity index (χ1n) is 10.3. The van der Waals surface area contributed by atoms with E-state index in [1.807, 2.05) is 48.5 Å². The lowest BCUT2D eigenvalue weighted by atomic mass is 9.55. The Labute approximate surface area is 177 Å². The number of imidazole rings is 1. The smallest absolute Gasteiger partial charge is 0.327 e. The first kappa shape index (κ1) is 18.1. The molecule has 31 heavy (non-hydrogen) atoms. The zero-order chi connectivity index (χ0) is 21.3. The summed E-state index contributed by atoms with van der Waals surface area (Å²) >= 11 is 0. The van der Waals surface area contributed by atoms with Gasteiger partial charge in [0.1, 0.15) is 6.04 Å². The summed E-state index contributed by atoms with van der Waals surface area (Å²) in [6, 6.07) is 14.7. The van der Waals surface area contributed by atoms with Crippen LogP contribution in [0.1, 0.15) is 39.8 Å². The van der Waals surface area contributed by atoms with Crippen LogP contribution in [-0.4, -0.2) is 43.8 Å². The standard InChI is InChI=1S/C24H19N3O4/c28-22-20-18-13-5-1-2-6-14(13)19(16-8-4-3-7-15(16)18)21(20)23(29)27(22)17(24(30)31)9-12-10-25-11-26-12/h1-8,10-11,17-21H,9H2,(H,25,26)(H,30,31)/t17?,18?,19?,20-,21?/m0/s1. The van der Waals surface area contributed by atoms with Gasteiger partial charge in [-0.05, 0) is 22.3 Å². The van der Waals surface area contributed by atoms with E-state index in [4.69, 9.17) is 0 Å². The van der Waals surface area contributed by atoms with Crippen molar-refractivity contribution in [2.24, 2.45) is 11.8 Å². The molecule has 154 valence electrons. The Bertz CT molecular complexity index is 1120. The molecule has 3 aromatic rings. The largest absolute Gasteiger partial charge is 0.480 e. The fraction of sp³-hybridized carbons (Fsp3) is 0.250. The second-order valence-corrected chi connectivity index (χ2v) is 8.45. The second-order valence-electron chi connectivity index (χ2n) is 8.45. The van der Waals surface area contributed by atoms with E-state index in [0.29, 0.717) is 5.69 Å². The first-order chi connectivity index (χ1) is 15.1. The number of hydrogen-bond donors (Lipinski definition) is 2. The van der Waals surface area contributed by atoms with Crippen molar-refractivity contribution in [3.05, 3.63) is 89.0 Å². The summed E-state index contributed by atoms with van der Waals surface area (Å²) in [5.74, 6) is -3.62. The highest BCUT2D eigenvalue weighted by Gasteiger charge is 2.63. The Morgan fingerprint density at radius 1 is 0.935 bits per heavy atom. The molecule has 7 nitrogen and oxygen atoms in total. The van der Waals surface area contributed by atoms with Crippen molar-refractivity contribution < 1.29 is 19.5 Å².